The number of thiol groups is 2. The number of hydrogen-bond donors (Lipinski definition) is 2. The van der Waals surface area contributed by atoms with Crippen LogP contribution >= 0.6 is 49.7 Å². The SMILES string of the molecule is CCN(C)C(=S)S.CCN(C)C(=S)S.[SeH2]. The fourth-order valence-electron chi connectivity index (χ4n) is 0.271. The van der Waals surface area contributed by atoms with Crippen LogP contribution in [-0.4, -0.2) is 62.7 Å². The van der Waals surface area contributed by atoms with E-state index in [1.54, 1.807) is 0 Å². The molecule has 0 aliphatic carbocycles. The molecule has 0 aromatic heterocycles. The van der Waals surface area contributed by atoms with Gasteiger partial charge in [-0.1, -0.05) is 24.4 Å². The van der Waals surface area contributed by atoms with Crippen LogP contribution in [0.25, 0.3) is 0 Å². The van der Waals surface area contributed by atoms with Gasteiger partial charge in [0.15, 0.2) is 0 Å². The fraction of sp³-hybridized carbons (Fsp3) is 0.750. The van der Waals surface area contributed by atoms with Crippen LogP contribution in [0.4, 0.5) is 0 Å². The van der Waals surface area contributed by atoms with Gasteiger partial charge in [-0.05, 0) is 13.8 Å². The Kier molecular flexibility index (Phi) is 18.6. The maximum atomic E-state index is 4.71. The first-order valence-electron chi connectivity index (χ1n) is 4.24. The summed E-state index contributed by atoms with van der Waals surface area (Å²) in [6.45, 7) is 5.93. The van der Waals surface area contributed by atoms with E-state index in [4.69, 9.17) is 24.4 Å². The van der Waals surface area contributed by atoms with Crippen LogP contribution in [0.5, 0.6) is 0 Å². The standard InChI is InChI=1S/2C4H9NS2.H2Se/c2*1-3-5(2)4(6)7;/h2*3H2,1-2H3,(H,6,7);1H2. The third-order valence-corrected chi connectivity index (χ3v) is 2.91. The van der Waals surface area contributed by atoms with E-state index in [-0.39, 0.29) is 17.1 Å². The minimum absolute atomic E-state index is 0. The van der Waals surface area contributed by atoms with E-state index in [0.29, 0.717) is 8.64 Å². The molecular weight excluding hydrogens is 331 g/mol. The van der Waals surface area contributed by atoms with E-state index in [0.717, 1.165) is 13.1 Å². The van der Waals surface area contributed by atoms with Crippen molar-refractivity contribution in [3.05, 3.63) is 0 Å². The summed E-state index contributed by atoms with van der Waals surface area (Å²) in [6, 6.07) is 0. The summed E-state index contributed by atoms with van der Waals surface area (Å²) in [4.78, 5) is 3.77. The normalized spacial score (nSPS) is 7.87. The van der Waals surface area contributed by atoms with Crippen molar-refractivity contribution in [2.45, 2.75) is 13.8 Å². The summed E-state index contributed by atoms with van der Waals surface area (Å²) in [7, 11) is 3.82. The fourth-order valence-corrected chi connectivity index (χ4v) is 0.812. The van der Waals surface area contributed by atoms with Gasteiger partial charge in [0.2, 0.25) is 0 Å². The zero-order chi connectivity index (χ0) is 11.7. The average molecular weight is 351 g/mol. The molecule has 2 nitrogen and oxygen atoms in total. The topological polar surface area (TPSA) is 6.48 Å². The average Bonchev–Trinajstić information content (AvgIpc) is 2.15. The van der Waals surface area contributed by atoms with E-state index in [9.17, 15) is 0 Å². The quantitative estimate of drug-likeness (QED) is 0.441. The Morgan fingerprint density at radius 3 is 1.13 bits per heavy atom. The molecule has 0 heterocycles. The van der Waals surface area contributed by atoms with Gasteiger partial charge in [-0.3, -0.25) is 0 Å². The van der Waals surface area contributed by atoms with Crippen LogP contribution in [0.2, 0.25) is 0 Å². The Bertz CT molecular complexity index is 169. The third kappa shape index (κ3) is 15.0. The molecular formula is C8H20N2S4Se. The second-order valence-electron chi connectivity index (χ2n) is 2.59. The molecule has 0 saturated carbocycles. The Balaban J connectivity index is -0.000000180. The van der Waals surface area contributed by atoms with Crippen molar-refractivity contribution in [2.75, 3.05) is 27.2 Å². The van der Waals surface area contributed by atoms with Crippen molar-refractivity contribution in [2.24, 2.45) is 0 Å². The summed E-state index contributed by atoms with van der Waals surface area (Å²) in [5.41, 5.74) is 0. The van der Waals surface area contributed by atoms with Crippen molar-refractivity contribution in [1.29, 1.82) is 0 Å². The summed E-state index contributed by atoms with van der Waals surface area (Å²) in [6.07, 6.45) is 0. The molecule has 0 bridgehead atoms. The van der Waals surface area contributed by atoms with Crippen molar-refractivity contribution < 1.29 is 0 Å². The minimum atomic E-state index is 0. The molecule has 0 atom stereocenters. The molecule has 0 fully saturated rings. The molecule has 0 aliphatic rings. The van der Waals surface area contributed by atoms with E-state index in [1.165, 1.54) is 0 Å². The van der Waals surface area contributed by atoms with Gasteiger partial charge in [0.1, 0.15) is 8.64 Å². The molecule has 0 aromatic rings. The van der Waals surface area contributed by atoms with E-state index < -0.39 is 0 Å². The Morgan fingerprint density at radius 2 is 1.13 bits per heavy atom. The predicted molar refractivity (Wildman–Crippen MR) is 88.3 cm³/mol. The zero-order valence-electron chi connectivity index (χ0n) is 9.52. The molecule has 0 aromatic carbocycles. The van der Waals surface area contributed by atoms with Gasteiger partial charge in [0.05, 0.1) is 0 Å². The van der Waals surface area contributed by atoms with Crippen LogP contribution < -0.4 is 0 Å². The van der Waals surface area contributed by atoms with Crippen molar-refractivity contribution in [3.63, 3.8) is 0 Å². The number of rotatable bonds is 2. The van der Waals surface area contributed by atoms with Crippen LogP contribution in [0, 0.1) is 0 Å². The zero-order valence-corrected chi connectivity index (χ0v) is 15.0. The van der Waals surface area contributed by atoms with Crippen LogP contribution in [0.3, 0.4) is 0 Å². The number of nitrogens with zero attached hydrogens (tertiary/aromatic N) is 2. The van der Waals surface area contributed by atoms with Crippen LogP contribution in [0.1, 0.15) is 13.8 Å². The third-order valence-electron chi connectivity index (χ3n) is 1.60. The summed E-state index contributed by atoms with van der Waals surface area (Å²) >= 11 is 17.3. The molecule has 0 unspecified atom stereocenters. The van der Waals surface area contributed by atoms with Gasteiger partial charge in [-0.25, -0.2) is 0 Å². The molecule has 15 heavy (non-hydrogen) atoms. The molecule has 0 aliphatic heterocycles. The van der Waals surface area contributed by atoms with Gasteiger partial charge < -0.3 is 9.80 Å². The van der Waals surface area contributed by atoms with Gasteiger partial charge in [-0.15, -0.1) is 25.3 Å². The van der Waals surface area contributed by atoms with E-state index in [1.807, 2.05) is 37.7 Å². The molecule has 0 saturated heterocycles. The first kappa shape index (κ1) is 21.3. The van der Waals surface area contributed by atoms with Crippen molar-refractivity contribution in [3.8, 4) is 0 Å². The summed E-state index contributed by atoms with van der Waals surface area (Å²) in [5.74, 6) is 0. The molecule has 7 heteroatoms. The van der Waals surface area contributed by atoms with Crippen molar-refractivity contribution in [1.82, 2.24) is 9.80 Å². The summed E-state index contributed by atoms with van der Waals surface area (Å²) < 4.78 is 1.31. The molecule has 0 N–H and O–H groups in total. The van der Waals surface area contributed by atoms with Crippen LogP contribution in [-0.2, 0) is 0 Å². The van der Waals surface area contributed by atoms with Gasteiger partial charge in [0, 0.05) is 27.2 Å². The Hall–Kier alpha value is 0.999. The van der Waals surface area contributed by atoms with E-state index in [2.05, 4.69) is 25.3 Å². The first-order chi connectivity index (χ1) is 6.36. The van der Waals surface area contributed by atoms with Gasteiger partial charge in [-0.2, -0.15) is 0 Å². The summed E-state index contributed by atoms with van der Waals surface area (Å²) in [5, 5.41) is 0. The number of thiocarbonyl (C=S) groups is 2. The first-order valence-corrected chi connectivity index (χ1v) is 5.95. The molecule has 0 radical (unpaired) electrons. The number of hydrogen-bond acceptors (Lipinski definition) is 2. The molecule has 0 spiro atoms. The van der Waals surface area contributed by atoms with Gasteiger partial charge in [0.25, 0.3) is 0 Å². The molecule has 0 rings (SSSR count). The van der Waals surface area contributed by atoms with E-state index >= 15 is 0 Å². The van der Waals surface area contributed by atoms with Gasteiger partial charge >= 0.3 is 17.1 Å². The second-order valence-corrected chi connectivity index (χ2v) is 4.82. The van der Waals surface area contributed by atoms with Crippen molar-refractivity contribution >= 4 is 75.4 Å². The predicted octanol–water partition coefficient (Wildman–Crippen LogP) is 1.39. The molecule has 92 valence electrons. The van der Waals surface area contributed by atoms with Crippen LogP contribution in [0.15, 0.2) is 0 Å². The monoisotopic (exact) mass is 352 g/mol. The Morgan fingerprint density at radius 1 is 0.933 bits per heavy atom. The second kappa shape index (κ2) is 13.1. The molecule has 0 amide bonds. The maximum absolute atomic E-state index is 4.71. The Labute approximate surface area is 125 Å².